The lowest BCUT2D eigenvalue weighted by atomic mass is 10.2. The first-order chi connectivity index (χ1) is 9.06. The lowest BCUT2D eigenvalue weighted by Gasteiger charge is -2.00. The number of hydrogen-bond acceptors (Lipinski definition) is 3. The second-order valence-corrected chi connectivity index (χ2v) is 4.25. The molecule has 4 nitrogen and oxygen atoms in total. The van der Waals surface area contributed by atoms with Crippen molar-refractivity contribution in [2.24, 2.45) is 4.99 Å². The molecule has 0 bridgehead atoms. The van der Waals surface area contributed by atoms with Gasteiger partial charge in [0.1, 0.15) is 5.75 Å². The highest BCUT2D eigenvalue weighted by Crippen LogP contribution is 2.21. The normalized spacial score (nSPS) is 10.8. The largest absolute Gasteiger partial charge is 0.507 e. The minimum atomic E-state index is -1.01. The lowest BCUT2D eigenvalue weighted by Crippen LogP contribution is -1.94. The van der Waals surface area contributed by atoms with Gasteiger partial charge >= 0.3 is 5.97 Å². The third-order valence-corrected chi connectivity index (χ3v) is 2.67. The van der Waals surface area contributed by atoms with Crippen molar-refractivity contribution in [1.29, 1.82) is 0 Å². The van der Waals surface area contributed by atoms with Crippen molar-refractivity contribution in [3.8, 4) is 5.75 Å². The summed E-state index contributed by atoms with van der Waals surface area (Å²) in [4.78, 5) is 14.9. The van der Waals surface area contributed by atoms with E-state index in [4.69, 9.17) is 16.7 Å². The number of benzene rings is 2. The average molecular weight is 276 g/mol. The van der Waals surface area contributed by atoms with Gasteiger partial charge in [0, 0.05) is 16.8 Å². The predicted octanol–water partition coefficient (Wildman–Crippen LogP) is 3.49. The third kappa shape index (κ3) is 3.33. The minimum Gasteiger partial charge on any atom is -0.507 e. The summed E-state index contributed by atoms with van der Waals surface area (Å²) in [7, 11) is 0. The molecule has 2 rings (SSSR count). The van der Waals surface area contributed by atoms with Crippen LogP contribution in [0, 0.1) is 0 Å². The van der Waals surface area contributed by atoms with Crippen molar-refractivity contribution in [2.45, 2.75) is 0 Å². The number of phenolic OH excluding ortho intramolecular Hbond substituents is 1. The van der Waals surface area contributed by atoms with Gasteiger partial charge in [0.25, 0.3) is 0 Å². The van der Waals surface area contributed by atoms with Crippen LogP contribution < -0.4 is 0 Å². The number of aromatic carboxylic acids is 1. The van der Waals surface area contributed by atoms with Gasteiger partial charge in [0.15, 0.2) is 0 Å². The molecule has 0 spiro atoms. The molecular formula is C14H10ClNO3. The SMILES string of the molecule is O=C(O)c1cccc(N=Cc2cc(Cl)ccc2O)c1. The zero-order valence-electron chi connectivity index (χ0n) is 9.75. The molecular weight excluding hydrogens is 266 g/mol. The lowest BCUT2D eigenvalue weighted by molar-refractivity contribution is 0.0697. The van der Waals surface area contributed by atoms with E-state index in [-0.39, 0.29) is 11.3 Å². The van der Waals surface area contributed by atoms with Gasteiger partial charge in [0.2, 0.25) is 0 Å². The quantitative estimate of drug-likeness (QED) is 0.842. The number of aromatic hydroxyl groups is 1. The van der Waals surface area contributed by atoms with Crippen molar-refractivity contribution in [1.82, 2.24) is 0 Å². The Morgan fingerprint density at radius 3 is 2.74 bits per heavy atom. The molecule has 5 heteroatoms. The van der Waals surface area contributed by atoms with Crippen LogP contribution in [0.3, 0.4) is 0 Å². The smallest absolute Gasteiger partial charge is 0.335 e. The van der Waals surface area contributed by atoms with Crippen LogP contribution in [0.5, 0.6) is 5.75 Å². The average Bonchev–Trinajstić information content (AvgIpc) is 2.40. The molecule has 0 fully saturated rings. The molecule has 0 radical (unpaired) electrons. The molecule has 0 aliphatic heterocycles. The van der Waals surface area contributed by atoms with Gasteiger partial charge in [-0.05, 0) is 36.4 Å². The number of halogens is 1. The predicted molar refractivity (Wildman–Crippen MR) is 73.8 cm³/mol. The first kappa shape index (κ1) is 13.1. The number of carbonyl (C=O) groups is 1. The van der Waals surface area contributed by atoms with E-state index in [2.05, 4.69) is 4.99 Å². The van der Waals surface area contributed by atoms with Crippen molar-refractivity contribution < 1.29 is 15.0 Å². The Balaban J connectivity index is 2.30. The molecule has 2 aromatic rings. The van der Waals surface area contributed by atoms with Crippen LogP contribution in [-0.2, 0) is 0 Å². The summed E-state index contributed by atoms with van der Waals surface area (Å²) in [6.45, 7) is 0. The van der Waals surface area contributed by atoms with Crippen LogP contribution in [-0.4, -0.2) is 22.4 Å². The van der Waals surface area contributed by atoms with E-state index >= 15 is 0 Å². The highest BCUT2D eigenvalue weighted by Gasteiger charge is 2.03. The number of carboxylic acid groups (broad SMARTS) is 1. The van der Waals surface area contributed by atoms with Gasteiger partial charge in [-0.15, -0.1) is 0 Å². The standard InChI is InChI=1S/C14H10ClNO3/c15-11-4-5-13(17)10(6-11)8-16-12-3-1-2-9(7-12)14(18)19/h1-8,17H,(H,18,19). The second-order valence-electron chi connectivity index (χ2n) is 3.82. The molecule has 0 atom stereocenters. The summed E-state index contributed by atoms with van der Waals surface area (Å²) in [6.07, 6.45) is 1.43. The second kappa shape index (κ2) is 5.54. The first-order valence-corrected chi connectivity index (χ1v) is 5.80. The topological polar surface area (TPSA) is 69.9 Å². The van der Waals surface area contributed by atoms with E-state index < -0.39 is 5.97 Å². The molecule has 0 aliphatic carbocycles. The summed E-state index contributed by atoms with van der Waals surface area (Å²) < 4.78 is 0. The van der Waals surface area contributed by atoms with Crippen LogP contribution in [0.25, 0.3) is 0 Å². The molecule has 0 unspecified atom stereocenters. The number of carboxylic acids is 1. The van der Waals surface area contributed by atoms with Gasteiger partial charge in [-0.3, -0.25) is 4.99 Å². The maximum atomic E-state index is 10.8. The van der Waals surface area contributed by atoms with Crippen molar-refractivity contribution in [3.63, 3.8) is 0 Å². The van der Waals surface area contributed by atoms with Crippen LogP contribution in [0.2, 0.25) is 5.02 Å². The molecule has 0 aromatic heterocycles. The highest BCUT2D eigenvalue weighted by atomic mass is 35.5. The monoisotopic (exact) mass is 275 g/mol. The fourth-order valence-corrected chi connectivity index (χ4v) is 1.67. The maximum Gasteiger partial charge on any atom is 0.335 e. The van der Waals surface area contributed by atoms with E-state index in [1.165, 1.54) is 24.4 Å². The number of phenols is 1. The highest BCUT2D eigenvalue weighted by molar-refractivity contribution is 6.30. The van der Waals surface area contributed by atoms with Gasteiger partial charge in [-0.2, -0.15) is 0 Å². The summed E-state index contributed by atoms with van der Waals surface area (Å²) in [6, 6.07) is 10.8. The van der Waals surface area contributed by atoms with E-state index in [1.54, 1.807) is 24.3 Å². The molecule has 19 heavy (non-hydrogen) atoms. The van der Waals surface area contributed by atoms with Crippen LogP contribution in [0.1, 0.15) is 15.9 Å². The molecule has 0 saturated carbocycles. The Labute approximate surface area is 114 Å². The van der Waals surface area contributed by atoms with Gasteiger partial charge in [-0.25, -0.2) is 4.79 Å². The minimum absolute atomic E-state index is 0.0579. The molecule has 2 N–H and O–H groups in total. The van der Waals surface area contributed by atoms with Gasteiger partial charge in [0.05, 0.1) is 11.3 Å². The van der Waals surface area contributed by atoms with E-state index in [1.807, 2.05) is 0 Å². The van der Waals surface area contributed by atoms with E-state index in [0.717, 1.165) is 0 Å². The zero-order valence-corrected chi connectivity index (χ0v) is 10.5. The van der Waals surface area contributed by atoms with E-state index in [0.29, 0.717) is 16.3 Å². The Kier molecular flexibility index (Phi) is 3.82. The first-order valence-electron chi connectivity index (χ1n) is 5.42. The fourth-order valence-electron chi connectivity index (χ4n) is 1.49. The molecule has 0 aliphatic rings. The Bertz CT molecular complexity index is 653. The van der Waals surface area contributed by atoms with Crippen molar-refractivity contribution in [3.05, 3.63) is 58.6 Å². The number of aliphatic imine (C=N–C) groups is 1. The van der Waals surface area contributed by atoms with Gasteiger partial charge < -0.3 is 10.2 Å². The summed E-state index contributed by atoms with van der Waals surface area (Å²) in [5.41, 5.74) is 1.11. The Hall–Kier alpha value is -2.33. The number of rotatable bonds is 3. The summed E-state index contributed by atoms with van der Waals surface area (Å²) in [5, 5.41) is 19.0. The Morgan fingerprint density at radius 2 is 2.00 bits per heavy atom. The molecule has 96 valence electrons. The Morgan fingerprint density at radius 1 is 1.21 bits per heavy atom. The number of nitrogens with zero attached hydrogens (tertiary/aromatic N) is 1. The molecule has 0 saturated heterocycles. The zero-order chi connectivity index (χ0) is 13.8. The van der Waals surface area contributed by atoms with Crippen LogP contribution in [0.4, 0.5) is 5.69 Å². The molecule has 0 amide bonds. The number of hydrogen-bond donors (Lipinski definition) is 2. The maximum absolute atomic E-state index is 10.8. The summed E-state index contributed by atoms with van der Waals surface area (Å²) in [5.74, 6) is -0.954. The van der Waals surface area contributed by atoms with Crippen molar-refractivity contribution in [2.75, 3.05) is 0 Å². The van der Waals surface area contributed by atoms with E-state index in [9.17, 15) is 9.90 Å². The fraction of sp³-hybridized carbons (Fsp3) is 0. The third-order valence-electron chi connectivity index (χ3n) is 2.44. The molecule has 0 heterocycles. The van der Waals surface area contributed by atoms with Crippen LogP contribution >= 0.6 is 11.6 Å². The van der Waals surface area contributed by atoms with Crippen LogP contribution in [0.15, 0.2) is 47.5 Å². The van der Waals surface area contributed by atoms with Gasteiger partial charge in [-0.1, -0.05) is 17.7 Å². The molecule has 2 aromatic carbocycles. The summed E-state index contributed by atoms with van der Waals surface area (Å²) >= 11 is 5.81. The van der Waals surface area contributed by atoms with Crippen molar-refractivity contribution >= 4 is 29.5 Å².